The van der Waals surface area contributed by atoms with Gasteiger partial charge in [-0.15, -0.1) is 11.3 Å². The van der Waals surface area contributed by atoms with Crippen molar-refractivity contribution in [2.45, 2.75) is 19.5 Å². The zero-order chi connectivity index (χ0) is 20.1. The zero-order valence-electron chi connectivity index (χ0n) is 16.8. The van der Waals surface area contributed by atoms with Crippen molar-refractivity contribution in [2.75, 3.05) is 31.5 Å². The molecule has 0 aliphatic carbocycles. The molecule has 0 bridgehead atoms. The number of hydrogen-bond acceptors (Lipinski definition) is 4. The van der Waals surface area contributed by atoms with Gasteiger partial charge in [-0.2, -0.15) is 0 Å². The fourth-order valence-corrected chi connectivity index (χ4v) is 4.54. The van der Waals surface area contributed by atoms with Gasteiger partial charge in [-0.3, -0.25) is 14.6 Å². The molecule has 3 aromatic rings. The number of nitrogens with zero attached hydrogens (tertiary/aromatic N) is 2. The topological polar surface area (TPSA) is 35.6 Å². The van der Waals surface area contributed by atoms with Crippen molar-refractivity contribution < 1.29 is 4.79 Å². The van der Waals surface area contributed by atoms with Gasteiger partial charge in [-0.25, -0.2) is 0 Å². The molecule has 1 saturated heterocycles. The number of carbonyl (C=O) groups excluding carboxylic acids is 1. The van der Waals surface area contributed by atoms with E-state index < -0.39 is 0 Å². The molecule has 1 aliphatic heterocycles. The number of benzene rings is 2. The monoisotopic (exact) mass is 405 g/mol. The summed E-state index contributed by atoms with van der Waals surface area (Å²) in [7, 11) is 0. The first-order valence-corrected chi connectivity index (χ1v) is 11.0. The summed E-state index contributed by atoms with van der Waals surface area (Å²) in [6.45, 7) is 6.85. The van der Waals surface area contributed by atoms with Crippen LogP contribution in [0.2, 0.25) is 0 Å². The Morgan fingerprint density at radius 1 is 0.966 bits per heavy atom. The van der Waals surface area contributed by atoms with E-state index in [1.165, 1.54) is 4.88 Å². The smallest absolute Gasteiger partial charge is 0.241 e. The molecule has 1 aromatic heterocycles. The first kappa shape index (κ1) is 19.8. The summed E-state index contributed by atoms with van der Waals surface area (Å²) >= 11 is 1.81. The van der Waals surface area contributed by atoms with Crippen LogP contribution >= 0.6 is 11.3 Å². The Hall–Kier alpha value is -2.47. The van der Waals surface area contributed by atoms with E-state index in [0.717, 1.165) is 49.5 Å². The molecule has 1 aliphatic rings. The van der Waals surface area contributed by atoms with Crippen LogP contribution in [0.15, 0.2) is 72.1 Å². The Bertz CT molecular complexity index is 918. The van der Waals surface area contributed by atoms with Crippen molar-refractivity contribution in [3.8, 4) is 11.1 Å². The van der Waals surface area contributed by atoms with Crippen LogP contribution in [0.1, 0.15) is 11.8 Å². The molecule has 2 aromatic carbocycles. The maximum absolute atomic E-state index is 13.0. The van der Waals surface area contributed by atoms with E-state index in [-0.39, 0.29) is 11.9 Å². The lowest BCUT2D eigenvalue weighted by molar-refractivity contribution is -0.121. The number of carbonyl (C=O) groups is 1. The number of nitrogens with one attached hydrogen (secondary N) is 1. The summed E-state index contributed by atoms with van der Waals surface area (Å²) in [5.41, 5.74) is 3.03. The van der Waals surface area contributed by atoms with Gasteiger partial charge in [0.2, 0.25) is 5.91 Å². The molecule has 0 spiro atoms. The van der Waals surface area contributed by atoms with Crippen LogP contribution in [0.25, 0.3) is 11.1 Å². The number of para-hydroxylation sites is 1. The molecule has 0 saturated carbocycles. The SMILES string of the molecule is C[C@@H](C(=O)Nc1ccccc1-c1ccccc1)N1CCN(Cc2cccs2)CC1. The second kappa shape index (κ2) is 9.35. The average molecular weight is 406 g/mol. The van der Waals surface area contributed by atoms with Gasteiger partial charge in [0.25, 0.3) is 0 Å². The number of rotatable bonds is 6. The number of piperazine rings is 1. The number of thiophene rings is 1. The van der Waals surface area contributed by atoms with Gasteiger partial charge in [0, 0.05) is 48.9 Å². The third-order valence-corrected chi connectivity index (χ3v) is 6.42. The van der Waals surface area contributed by atoms with E-state index in [1.807, 2.05) is 54.7 Å². The molecule has 0 unspecified atom stereocenters. The van der Waals surface area contributed by atoms with Crippen LogP contribution in [0.4, 0.5) is 5.69 Å². The quantitative estimate of drug-likeness (QED) is 0.653. The van der Waals surface area contributed by atoms with Gasteiger partial charge in [-0.1, -0.05) is 54.6 Å². The van der Waals surface area contributed by atoms with Crippen LogP contribution in [0.5, 0.6) is 0 Å². The zero-order valence-corrected chi connectivity index (χ0v) is 17.6. The van der Waals surface area contributed by atoms with Gasteiger partial charge in [0.05, 0.1) is 6.04 Å². The third kappa shape index (κ3) is 4.93. The van der Waals surface area contributed by atoms with Crippen molar-refractivity contribution in [3.05, 3.63) is 77.0 Å². The largest absolute Gasteiger partial charge is 0.324 e. The molecule has 150 valence electrons. The van der Waals surface area contributed by atoms with Crippen molar-refractivity contribution in [1.29, 1.82) is 0 Å². The summed E-state index contributed by atoms with van der Waals surface area (Å²) in [5.74, 6) is 0.0556. The molecule has 5 heteroatoms. The van der Waals surface area contributed by atoms with Crippen LogP contribution in [0, 0.1) is 0 Å². The van der Waals surface area contributed by atoms with Gasteiger partial charge in [-0.05, 0) is 30.0 Å². The van der Waals surface area contributed by atoms with Crippen molar-refractivity contribution in [2.24, 2.45) is 0 Å². The Morgan fingerprint density at radius 3 is 2.41 bits per heavy atom. The van der Waals surface area contributed by atoms with E-state index in [9.17, 15) is 4.79 Å². The van der Waals surface area contributed by atoms with Gasteiger partial charge >= 0.3 is 0 Å². The molecule has 4 nitrogen and oxygen atoms in total. The molecule has 1 atom stereocenters. The van der Waals surface area contributed by atoms with Gasteiger partial charge < -0.3 is 5.32 Å². The molecular formula is C24H27N3OS. The van der Waals surface area contributed by atoms with Crippen molar-refractivity contribution >= 4 is 22.9 Å². The lowest BCUT2D eigenvalue weighted by Gasteiger charge is -2.37. The Kier molecular flexibility index (Phi) is 6.39. The molecule has 1 fully saturated rings. The van der Waals surface area contributed by atoms with E-state index in [4.69, 9.17) is 0 Å². The van der Waals surface area contributed by atoms with E-state index >= 15 is 0 Å². The van der Waals surface area contributed by atoms with Crippen molar-refractivity contribution in [1.82, 2.24) is 9.80 Å². The van der Waals surface area contributed by atoms with Crippen molar-refractivity contribution in [3.63, 3.8) is 0 Å². The second-order valence-electron chi connectivity index (χ2n) is 7.47. The standard InChI is InChI=1S/C24H27N3OS/c1-19(27-15-13-26(14-16-27)18-21-10-7-17-29-21)24(28)25-23-12-6-5-11-22(23)20-8-3-2-4-9-20/h2-12,17,19H,13-16,18H2,1H3,(H,25,28)/t19-/m0/s1. The predicted octanol–water partition coefficient (Wildman–Crippen LogP) is 4.56. The van der Waals surface area contributed by atoms with Crippen LogP contribution in [-0.4, -0.2) is 47.9 Å². The normalized spacial score (nSPS) is 16.4. The second-order valence-corrected chi connectivity index (χ2v) is 8.50. The summed E-state index contributed by atoms with van der Waals surface area (Å²) < 4.78 is 0. The molecule has 1 amide bonds. The van der Waals surface area contributed by atoms with Crippen LogP contribution in [0.3, 0.4) is 0 Å². The first-order chi connectivity index (χ1) is 14.2. The van der Waals surface area contributed by atoms with E-state index in [0.29, 0.717) is 0 Å². The van der Waals surface area contributed by atoms with Gasteiger partial charge in [0.15, 0.2) is 0 Å². The highest BCUT2D eigenvalue weighted by atomic mass is 32.1. The fraction of sp³-hybridized carbons (Fsp3) is 0.292. The fourth-order valence-electron chi connectivity index (χ4n) is 3.80. The Morgan fingerprint density at radius 2 is 1.69 bits per heavy atom. The Labute approximate surface area is 176 Å². The summed E-state index contributed by atoms with van der Waals surface area (Å²) in [6.07, 6.45) is 0. The average Bonchev–Trinajstić information content (AvgIpc) is 3.28. The molecule has 29 heavy (non-hydrogen) atoms. The molecule has 4 rings (SSSR count). The maximum atomic E-state index is 13.0. The highest BCUT2D eigenvalue weighted by Gasteiger charge is 2.26. The summed E-state index contributed by atoms with van der Waals surface area (Å²) in [5, 5.41) is 5.29. The van der Waals surface area contributed by atoms with Crippen LogP contribution in [-0.2, 0) is 11.3 Å². The lowest BCUT2D eigenvalue weighted by atomic mass is 10.0. The molecule has 1 N–H and O–H groups in total. The van der Waals surface area contributed by atoms with Crippen LogP contribution < -0.4 is 5.32 Å². The minimum atomic E-state index is -0.150. The molecule has 0 radical (unpaired) electrons. The molecular weight excluding hydrogens is 378 g/mol. The van der Waals surface area contributed by atoms with E-state index in [2.05, 4.69) is 50.8 Å². The third-order valence-electron chi connectivity index (χ3n) is 5.56. The van der Waals surface area contributed by atoms with Gasteiger partial charge in [0.1, 0.15) is 0 Å². The van der Waals surface area contributed by atoms with E-state index in [1.54, 1.807) is 0 Å². The highest BCUT2D eigenvalue weighted by Crippen LogP contribution is 2.28. The molecule has 2 heterocycles. The summed E-state index contributed by atoms with van der Waals surface area (Å²) in [6, 6.07) is 22.3. The maximum Gasteiger partial charge on any atom is 0.241 e. The Balaban J connectivity index is 1.36. The predicted molar refractivity (Wildman–Crippen MR) is 121 cm³/mol. The first-order valence-electron chi connectivity index (χ1n) is 10.1. The minimum Gasteiger partial charge on any atom is -0.324 e. The number of anilines is 1. The number of amides is 1. The highest BCUT2D eigenvalue weighted by molar-refractivity contribution is 7.09. The lowest BCUT2D eigenvalue weighted by Crippen LogP contribution is -2.52. The summed E-state index contributed by atoms with van der Waals surface area (Å²) in [4.78, 5) is 19.1. The number of hydrogen-bond donors (Lipinski definition) is 1. The minimum absolute atomic E-state index is 0.0556.